The topological polar surface area (TPSA) is 122 Å². The highest BCUT2D eigenvalue weighted by Crippen LogP contribution is 2.43. The summed E-state index contributed by atoms with van der Waals surface area (Å²) in [5.74, 6) is 0. The maximum Gasteiger partial charge on any atom is 0.410 e. The lowest BCUT2D eigenvalue weighted by molar-refractivity contribution is 0.0179. The van der Waals surface area contributed by atoms with Gasteiger partial charge in [0.15, 0.2) is 0 Å². The van der Waals surface area contributed by atoms with Gasteiger partial charge in [0.1, 0.15) is 11.2 Å². The predicted octanol–water partition coefficient (Wildman–Crippen LogP) is 4.13. The third kappa shape index (κ3) is 4.42. The number of sulfonamides is 1. The number of piperidine rings is 1. The van der Waals surface area contributed by atoms with Gasteiger partial charge in [-0.3, -0.25) is 4.31 Å². The largest absolute Gasteiger partial charge is 0.444 e. The van der Waals surface area contributed by atoms with Crippen LogP contribution >= 0.6 is 0 Å². The summed E-state index contributed by atoms with van der Waals surface area (Å²) in [6.45, 7) is 8.07. The summed E-state index contributed by atoms with van der Waals surface area (Å²) in [6.07, 6.45) is 3.60. The first kappa shape index (κ1) is 23.9. The quantitative estimate of drug-likeness (QED) is 0.573. The van der Waals surface area contributed by atoms with Gasteiger partial charge < -0.3 is 20.4 Å². The highest BCUT2D eigenvalue weighted by Gasteiger charge is 2.45. The maximum absolute atomic E-state index is 14.1. The van der Waals surface area contributed by atoms with Crippen molar-refractivity contribution in [1.82, 2.24) is 14.9 Å². The second-order valence-electron chi connectivity index (χ2n) is 9.85. The fraction of sp³-hybridized carbons (Fsp3) is 0.417. The number of hydrogen-bond donors (Lipinski definition) is 2. The molecule has 10 heteroatoms. The standard InChI is InChI=1S/C24H31N5O4S/c1-23(2,3)33-22(30)28-14-11-24(4,12-15-28)29(34(31,32)17-8-6-5-7-9-17)20-18-10-13-26-21(18)27-16-19(20)25/h5-10,13,16H,11-12,14-15,25H2,1-4H3,(H,26,27). The molecule has 0 saturated carbocycles. The van der Waals surface area contributed by atoms with Gasteiger partial charge in [-0.05, 0) is 58.7 Å². The molecule has 34 heavy (non-hydrogen) atoms. The van der Waals surface area contributed by atoms with Gasteiger partial charge in [-0.25, -0.2) is 18.2 Å². The van der Waals surface area contributed by atoms with E-state index in [0.717, 1.165) is 0 Å². The Balaban J connectivity index is 1.78. The molecule has 4 rings (SSSR count). The van der Waals surface area contributed by atoms with E-state index < -0.39 is 27.3 Å². The number of nitrogen functional groups attached to an aromatic ring is 1. The van der Waals surface area contributed by atoms with Crippen LogP contribution in [-0.4, -0.2) is 53.6 Å². The molecule has 3 heterocycles. The van der Waals surface area contributed by atoms with Crippen molar-refractivity contribution in [2.75, 3.05) is 23.1 Å². The Labute approximate surface area is 200 Å². The zero-order valence-corrected chi connectivity index (χ0v) is 20.7. The number of nitrogens with one attached hydrogen (secondary N) is 1. The first-order chi connectivity index (χ1) is 15.9. The molecule has 1 aliphatic rings. The van der Waals surface area contributed by atoms with Crippen molar-refractivity contribution in [3.05, 3.63) is 48.8 Å². The van der Waals surface area contributed by atoms with Gasteiger partial charge in [-0.1, -0.05) is 18.2 Å². The highest BCUT2D eigenvalue weighted by molar-refractivity contribution is 7.93. The van der Waals surface area contributed by atoms with Crippen molar-refractivity contribution in [2.45, 2.75) is 56.6 Å². The number of anilines is 2. The first-order valence-corrected chi connectivity index (χ1v) is 12.7. The molecule has 0 unspecified atom stereocenters. The number of nitrogens with zero attached hydrogens (tertiary/aromatic N) is 3. The second-order valence-corrected chi connectivity index (χ2v) is 11.6. The minimum atomic E-state index is -3.99. The lowest BCUT2D eigenvalue weighted by Gasteiger charge is -2.47. The number of H-pyrrole nitrogens is 1. The molecule has 2 aromatic heterocycles. The van der Waals surface area contributed by atoms with Gasteiger partial charge >= 0.3 is 6.09 Å². The Morgan fingerprint density at radius 2 is 1.82 bits per heavy atom. The summed E-state index contributed by atoms with van der Waals surface area (Å²) in [4.78, 5) is 21.8. The van der Waals surface area contributed by atoms with Gasteiger partial charge in [-0.15, -0.1) is 0 Å². The molecule has 0 aliphatic carbocycles. The van der Waals surface area contributed by atoms with Crippen LogP contribution in [0.1, 0.15) is 40.5 Å². The molecule has 0 radical (unpaired) electrons. The van der Waals surface area contributed by atoms with Gasteiger partial charge in [0.2, 0.25) is 0 Å². The molecule has 0 bridgehead atoms. The SMILES string of the molecule is CC(C)(C)OC(=O)N1CCC(C)(N(c2c(N)cnc3[nH]ccc23)S(=O)(=O)c2ccccc2)CC1. The number of ether oxygens (including phenoxy) is 1. The van der Waals surface area contributed by atoms with E-state index in [0.29, 0.717) is 42.7 Å². The monoisotopic (exact) mass is 485 g/mol. The smallest absolute Gasteiger partial charge is 0.410 e. The molecule has 1 amide bonds. The van der Waals surface area contributed by atoms with Crippen LogP contribution in [0.5, 0.6) is 0 Å². The summed E-state index contributed by atoms with van der Waals surface area (Å²) in [7, 11) is -3.99. The van der Waals surface area contributed by atoms with Crippen molar-refractivity contribution in [1.29, 1.82) is 0 Å². The van der Waals surface area contributed by atoms with Crippen LogP contribution in [0.25, 0.3) is 11.0 Å². The number of likely N-dealkylation sites (tertiary alicyclic amines) is 1. The van der Waals surface area contributed by atoms with Crippen LogP contribution in [-0.2, 0) is 14.8 Å². The Morgan fingerprint density at radius 3 is 2.44 bits per heavy atom. The molecule has 182 valence electrons. The third-order valence-corrected chi connectivity index (χ3v) is 8.03. The Kier molecular flexibility index (Phi) is 5.97. The zero-order chi connectivity index (χ0) is 24.7. The molecule has 0 atom stereocenters. The fourth-order valence-corrected chi connectivity index (χ4v) is 6.23. The first-order valence-electron chi connectivity index (χ1n) is 11.2. The normalized spacial score (nSPS) is 16.4. The molecule has 9 nitrogen and oxygen atoms in total. The number of pyridine rings is 1. The van der Waals surface area contributed by atoms with E-state index in [1.54, 1.807) is 47.5 Å². The van der Waals surface area contributed by atoms with E-state index >= 15 is 0 Å². The van der Waals surface area contributed by atoms with E-state index in [2.05, 4.69) is 9.97 Å². The molecule has 3 aromatic rings. The Morgan fingerprint density at radius 1 is 1.18 bits per heavy atom. The van der Waals surface area contributed by atoms with Crippen molar-refractivity contribution in [3.8, 4) is 0 Å². The summed E-state index contributed by atoms with van der Waals surface area (Å²) >= 11 is 0. The molecule has 3 N–H and O–H groups in total. The van der Waals surface area contributed by atoms with E-state index in [-0.39, 0.29) is 10.6 Å². The minimum absolute atomic E-state index is 0.172. The lowest BCUT2D eigenvalue weighted by Crippen LogP contribution is -2.57. The van der Waals surface area contributed by atoms with Gasteiger partial charge in [-0.2, -0.15) is 0 Å². The number of benzene rings is 1. The molecule has 1 fully saturated rings. The number of hydrogen-bond acceptors (Lipinski definition) is 6. The van der Waals surface area contributed by atoms with Crippen molar-refractivity contribution in [3.63, 3.8) is 0 Å². The average molecular weight is 486 g/mol. The fourth-order valence-electron chi connectivity index (χ4n) is 4.31. The summed E-state index contributed by atoms with van der Waals surface area (Å²) in [5.41, 5.74) is 6.13. The van der Waals surface area contributed by atoms with Crippen LogP contribution in [0.4, 0.5) is 16.2 Å². The third-order valence-electron chi connectivity index (χ3n) is 6.05. The number of nitrogens with two attached hydrogens (primary N) is 1. The second kappa shape index (κ2) is 8.50. The summed E-state index contributed by atoms with van der Waals surface area (Å²) < 4.78 is 35.1. The van der Waals surface area contributed by atoms with Crippen LogP contribution in [0, 0.1) is 0 Å². The van der Waals surface area contributed by atoms with Crippen LogP contribution in [0.2, 0.25) is 0 Å². The number of amides is 1. The Hall–Kier alpha value is -3.27. The molecular weight excluding hydrogens is 454 g/mol. The average Bonchev–Trinajstić information content (AvgIpc) is 3.24. The lowest BCUT2D eigenvalue weighted by atomic mass is 9.89. The molecule has 0 spiro atoms. The summed E-state index contributed by atoms with van der Waals surface area (Å²) in [5, 5.41) is 0.621. The number of aromatic amines is 1. The number of carbonyl (C=O) groups is 1. The maximum atomic E-state index is 14.1. The van der Waals surface area contributed by atoms with Gasteiger partial charge in [0, 0.05) is 24.7 Å². The van der Waals surface area contributed by atoms with Crippen LogP contribution < -0.4 is 10.0 Å². The van der Waals surface area contributed by atoms with Crippen molar-refractivity contribution >= 4 is 38.5 Å². The Bertz CT molecular complexity index is 1290. The van der Waals surface area contributed by atoms with E-state index in [1.807, 2.05) is 27.7 Å². The number of aromatic nitrogens is 2. The minimum Gasteiger partial charge on any atom is -0.444 e. The van der Waals surface area contributed by atoms with Crippen LogP contribution in [0.15, 0.2) is 53.7 Å². The summed E-state index contributed by atoms with van der Waals surface area (Å²) in [6, 6.07) is 10.1. The number of carbonyl (C=O) groups excluding carboxylic acids is 1. The van der Waals surface area contributed by atoms with Crippen molar-refractivity contribution in [2.24, 2.45) is 0 Å². The van der Waals surface area contributed by atoms with Gasteiger partial charge in [0.25, 0.3) is 10.0 Å². The molecule has 1 aromatic carbocycles. The number of fused-ring (bicyclic) bond motifs is 1. The predicted molar refractivity (Wildman–Crippen MR) is 132 cm³/mol. The molecular formula is C24H31N5O4S. The van der Waals surface area contributed by atoms with E-state index in [9.17, 15) is 13.2 Å². The van der Waals surface area contributed by atoms with Gasteiger partial charge in [0.05, 0.1) is 28.0 Å². The zero-order valence-electron chi connectivity index (χ0n) is 19.9. The molecule has 1 aliphatic heterocycles. The highest BCUT2D eigenvalue weighted by atomic mass is 32.2. The number of rotatable bonds is 4. The van der Waals surface area contributed by atoms with Crippen LogP contribution in [0.3, 0.4) is 0 Å². The van der Waals surface area contributed by atoms with E-state index in [1.165, 1.54) is 10.5 Å². The van der Waals surface area contributed by atoms with Crippen molar-refractivity contribution < 1.29 is 17.9 Å². The molecule has 1 saturated heterocycles. The van der Waals surface area contributed by atoms with E-state index in [4.69, 9.17) is 10.5 Å².